The van der Waals surface area contributed by atoms with Crippen molar-refractivity contribution in [2.45, 2.75) is 33.7 Å². The predicted molar refractivity (Wildman–Crippen MR) is 80.7 cm³/mol. The largest absolute Gasteiger partial charge is 0.496 e. The first-order valence-corrected chi connectivity index (χ1v) is 7.00. The lowest BCUT2D eigenvalue weighted by Crippen LogP contribution is -2.32. The first kappa shape index (κ1) is 15.1. The van der Waals surface area contributed by atoms with Gasteiger partial charge in [0, 0.05) is 0 Å². The second-order valence-electron chi connectivity index (χ2n) is 6.64. The maximum atomic E-state index is 5.87. The Morgan fingerprint density at radius 3 is 1.80 bits per heavy atom. The Bertz CT molecular complexity index is 461. The SMILES string of the molecule is COc1cccc(OC)c1C(NN)C1C(C)(C)C1(C)C. The van der Waals surface area contributed by atoms with Crippen LogP contribution in [0.5, 0.6) is 11.5 Å². The molecule has 112 valence electrons. The van der Waals surface area contributed by atoms with Gasteiger partial charge >= 0.3 is 0 Å². The van der Waals surface area contributed by atoms with E-state index in [1.165, 1.54) is 0 Å². The zero-order valence-electron chi connectivity index (χ0n) is 13.3. The van der Waals surface area contributed by atoms with Gasteiger partial charge in [-0.3, -0.25) is 11.3 Å². The third-order valence-electron chi connectivity index (χ3n) is 5.42. The summed E-state index contributed by atoms with van der Waals surface area (Å²) in [7, 11) is 3.35. The van der Waals surface area contributed by atoms with E-state index in [9.17, 15) is 0 Å². The molecular weight excluding hydrogens is 252 g/mol. The van der Waals surface area contributed by atoms with E-state index >= 15 is 0 Å². The molecule has 1 saturated carbocycles. The lowest BCUT2D eigenvalue weighted by Gasteiger charge is -2.23. The van der Waals surface area contributed by atoms with Gasteiger partial charge in [0.1, 0.15) is 11.5 Å². The van der Waals surface area contributed by atoms with Crippen molar-refractivity contribution < 1.29 is 9.47 Å². The molecule has 0 heterocycles. The second-order valence-corrected chi connectivity index (χ2v) is 6.64. The first-order valence-electron chi connectivity index (χ1n) is 7.00. The Balaban J connectivity index is 2.49. The second kappa shape index (κ2) is 4.93. The van der Waals surface area contributed by atoms with Crippen LogP contribution in [0.2, 0.25) is 0 Å². The van der Waals surface area contributed by atoms with E-state index in [1.54, 1.807) is 14.2 Å². The Morgan fingerprint density at radius 2 is 1.50 bits per heavy atom. The molecule has 3 N–H and O–H groups in total. The third kappa shape index (κ3) is 1.98. The number of hydrogen-bond acceptors (Lipinski definition) is 4. The van der Waals surface area contributed by atoms with Gasteiger partial charge < -0.3 is 9.47 Å². The molecule has 0 aromatic heterocycles. The highest BCUT2D eigenvalue weighted by molar-refractivity contribution is 5.48. The quantitative estimate of drug-likeness (QED) is 0.642. The van der Waals surface area contributed by atoms with Crippen LogP contribution in [0.1, 0.15) is 39.3 Å². The summed E-state index contributed by atoms with van der Waals surface area (Å²) in [5.74, 6) is 7.92. The molecule has 4 nitrogen and oxygen atoms in total. The van der Waals surface area contributed by atoms with Gasteiger partial charge in [-0.15, -0.1) is 0 Å². The zero-order valence-corrected chi connectivity index (χ0v) is 13.3. The van der Waals surface area contributed by atoms with Crippen molar-refractivity contribution in [2.75, 3.05) is 14.2 Å². The average molecular weight is 278 g/mol. The molecule has 1 aromatic rings. The van der Waals surface area contributed by atoms with Gasteiger partial charge in [-0.1, -0.05) is 33.8 Å². The molecular formula is C16H26N2O2. The molecule has 1 atom stereocenters. The minimum absolute atomic E-state index is 0.00565. The summed E-state index contributed by atoms with van der Waals surface area (Å²) in [6.45, 7) is 9.13. The predicted octanol–water partition coefficient (Wildman–Crippen LogP) is 2.89. The van der Waals surface area contributed by atoms with Crippen LogP contribution >= 0.6 is 0 Å². The maximum absolute atomic E-state index is 5.87. The van der Waals surface area contributed by atoms with Crippen molar-refractivity contribution in [2.24, 2.45) is 22.6 Å². The van der Waals surface area contributed by atoms with Crippen LogP contribution in [0.25, 0.3) is 0 Å². The van der Waals surface area contributed by atoms with Crippen LogP contribution in [0.4, 0.5) is 0 Å². The highest BCUT2D eigenvalue weighted by Gasteiger charge is 2.67. The number of nitrogens with one attached hydrogen (secondary N) is 1. The first-order chi connectivity index (χ1) is 9.32. The highest BCUT2D eigenvalue weighted by Crippen LogP contribution is 2.72. The van der Waals surface area contributed by atoms with Gasteiger partial charge in [0.05, 0.1) is 25.8 Å². The summed E-state index contributed by atoms with van der Waals surface area (Å²) in [6, 6.07) is 5.83. The van der Waals surface area contributed by atoms with E-state index in [-0.39, 0.29) is 16.9 Å². The molecule has 1 aromatic carbocycles. The molecule has 0 saturated heterocycles. The average Bonchev–Trinajstić information content (AvgIpc) is 2.82. The van der Waals surface area contributed by atoms with E-state index in [1.807, 2.05) is 18.2 Å². The number of benzene rings is 1. The number of ether oxygens (including phenoxy) is 2. The molecule has 0 spiro atoms. The van der Waals surface area contributed by atoms with Crippen molar-refractivity contribution in [1.82, 2.24) is 5.43 Å². The molecule has 0 radical (unpaired) electrons. The molecule has 2 rings (SSSR count). The Kier molecular flexibility index (Phi) is 3.73. The van der Waals surface area contributed by atoms with Crippen molar-refractivity contribution in [3.05, 3.63) is 23.8 Å². The molecule has 0 amide bonds. The third-order valence-corrected chi connectivity index (χ3v) is 5.42. The van der Waals surface area contributed by atoms with Crippen LogP contribution in [0.15, 0.2) is 18.2 Å². The minimum Gasteiger partial charge on any atom is -0.496 e. The van der Waals surface area contributed by atoms with Gasteiger partial charge in [-0.25, -0.2) is 0 Å². The van der Waals surface area contributed by atoms with Crippen molar-refractivity contribution in [1.29, 1.82) is 0 Å². The fraction of sp³-hybridized carbons (Fsp3) is 0.625. The van der Waals surface area contributed by atoms with E-state index in [0.717, 1.165) is 17.1 Å². The summed E-state index contributed by atoms with van der Waals surface area (Å²) >= 11 is 0. The van der Waals surface area contributed by atoms with Gasteiger partial charge in [0.15, 0.2) is 0 Å². The monoisotopic (exact) mass is 278 g/mol. The molecule has 1 aliphatic rings. The van der Waals surface area contributed by atoms with E-state index in [2.05, 4.69) is 33.1 Å². The van der Waals surface area contributed by atoms with E-state index in [4.69, 9.17) is 15.3 Å². The summed E-state index contributed by atoms with van der Waals surface area (Å²) < 4.78 is 11.0. The van der Waals surface area contributed by atoms with E-state index < -0.39 is 0 Å². The van der Waals surface area contributed by atoms with Crippen molar-refractivity contribution in [3.63, 3.8) is 0 Å². The minimum atomic E-state index is 0.00565. The van der Waals surface area contributed by atoms with E-state index in [0.29, 0.717) is 5.92 Å². The topological polar surface area (TPSA) is 56.5 Å². The van der Waals surface area contributed by atoms with Gasteiger partial charge in [-0.05, 0) is 28.9 Å². The smallest absolute Gasteiger partial charge is 0.127 e. The van der Waals surface area contributed by atoms with Crippen LogP contribution in [-0.4, -0.2) is 14.2 Å². The number of hydrogen-bond donors (Lipinski definition) is 2. The Morgan fingerprint density at radius 1 is 1.05 bits per heavy atom. The normalized spacial score (nSPS) is 21.4. The fourth-order valence-electron chi connectivity index (χ4n) is 3.61. The number of rotatable bonds is 5. The highest BCUT2D eigenvalue weighted by atomic mass is 16.5. The van der Waals surface area contributed by atoms with Gasteiger partial charge in [-0.2, -0.15) is 0 Å². The number of methoxy groups -OCH3 is 2. The van der Waals surface area contributed by atoms with Gasteiger partial charge in [0.2, 0.25) is 0 Å². The molecule has 20 heavy (non-hydrogen) atoms. The van der Waals surface area contributed by atoms with Crippen LogP contribution in [0.3, 0.4) is 0 Å². The lowest BCUT2D eigenvalue weighted by atomic mass is 9.95. The molecule has 0 bridgehead atoms. The lowest BCUT2D eigenvalue weighted by molar-refractivity contribution is 0.346. The Hall–Kier alpha value is -1.26. The van der Waals surface area contributed by atoms with Crippen LogP contribution < -0.4 is 20.7 Å². The summed E-state index contributed by atoms with van der Waals surface area (Å²) in [5, 5.41) is 0. The number of hydrazine groups is 1. The maximum Gasteiger partial charge on any atom is 0.127 e. The molecule has 4 heteroatoms. The molecule has 0 aliphatic heterocycles. The van der Waals surface area contributed by atoms with Crippen LogP contribution in [0, 0.1) is 16.7 Å². The molecule has 1 aliphatic carbocycles. The summed E-state index contributed by atoms with van der Waals surface area (Å²) in [6.07, 6.45) is 0. The molecule has 1 fully saturated rings. The van der Waals surface area contributed by atoms with Crippen LogP contribution in [-0.2, 0) is 0 Å². The zero-order chi connectivity index (χ0) is 15.1. The van der Waals surface area contributed by atoms with Gasteiger partial charge in [0.25, 0.3) is 0 Å². The fourth-order valence-corrected chi connectivity index (χ4v) is 3.61. The Labute approximate surface area is 121 Å². The summed E-state index contributed by atoms with van der Waals surface area (Å²) in [5.41, 5.74) is 4.42. The number of nitrogens with two attached hydrogens (primary N) is 1. The van der Waals surface area contributed by atoms with Crippen molar-refractivity contribution >= 4 is 0 Å². The molecule has 1 unspecified atom stereocenters. The summed E-state index contributed by atoms with van der Waals surface area (Å²) in [4.78, 5) is 0. The standard InChI is InChI=1S/C16H26N2O2/c1-15(2)14(16(15,3)4)13(18-17)12-10(19-5)8-7-9-11(12)20-6/h7-9,13-14,18H,17H2,1-6H3. The van der Waals surface area contributed by atoms with Crippen molar-refractivity contribution in [3.8, 4) is 11.5 Å².